The number of fused-ring (bicyclic) bond motifs is 1. The maximum absolute atomic E-state index is 12.3. The van der Waals surface area contributed by atoms with Gasteiger partial charge in [-0.3, -0.25) is 20.4 Å². The van der Waals surface area contributed by atoms with E-state index in [2.05, 4.69) is 15.8 Å². The highest BCUT2D eigenvalue weighted by Crippen LogP contribution is 2.21. The molecule has 0 unspecified atom stereocenters. The van der Waals surface area contributed by atoms with Crippen molar-refractivity contribution in [2.45, 2.75) is 6.42 Å². The van der Waals surface area contributed by atoms with Crippen LogP contribution in [0, 0.1) is 0 Å². The summed E-state index contributed by atoms with van der Waals surface area (Å²) in [5.41, 5.74) is 7.15. The average Bonchev–Trinajstić information content (AvgIpc) is 3.16. The van der Waals surface area contributed by atoms with Gasteiger partial charge in [-0.2, -0.15) is 0 Å². The minimum atomic E-state index is -0.400. The largest absolute Gasteiger partial charge is 0.457 e. The van der Waals surface area contributed by atoms with Crippen LogP contribution in [0.15, 0.2) is 85.1 Å². The zero-order valence-corrected chi connectivity index (χ0v) is 15.5. The highest BCUT2D eigenvalue weighted by molar-refractivity contribution is 5.96. The molecule has 0 bridgehead atoms. The van der Waals surface area contributed by atoms with E-state index in [1.165, 1.54) is 0 Å². The van der Waals surface area contributed by atoms with Crippen LogP contribution in [-0.2, 0) is 11.2 Å². The first-order chi connectivity index (χ1) is 14.2. The fourth-order valence-corrected chi connectivity index (χ4v) is 2.99. The topological polar surface area (TPSA) is 83.2 Å². The van der Waals surface area contributed by atoms with Crippen LogP contribution in [0.1, 0.15) is 15.9 Å². The molecule has 1 aromatic heterocycles. The van der Waals surface area contributed by atoms with Crippen molar-refractivity contribution in [3.05, 3.63) is 96.2 Å². The van der Waals surface area contributed by atoms with Crippen LogP contribution < -0.4 is 15.6 Å². The van der Waals surface area contributed by atoms with Gasteiger partial charge in [0.15, 0.2) is 0 Å². The molecule has 0 saturated carbocycles. The number of carbonyl (C=O) groups excluding carboxylic acids is 2. The molecule has 3 N–H and O–H groups in total. The third-order valence-electron chi connectivity index (χ3n) is 4.44. The molecular formula is C23H19N3O3. The van der Waals surface area contributed by atoms with E-state index in [-0.39, 0.29) is 12.3 Å². The molecule has 0 atom stereocenters. The number of hydrazine groups is 1. The molecule has 0 aliphatic carbocycles. The summed E-state index contributed by atoms with van der Waals surface area (Å²) in [4.78, 5) is 27.6. The van der Waals surface area contributed by atoms with Gasteiger partial charge in [0.05, 0.1) is 6.42 Å². The van der Waals surface area contributed by atoms with Gasteiger partial charge in [-0.15, -0.1) is 0 Å². The Kier molecular flexibility index (Phi) is 5.25. The smallest absolute Gasteiger partial charge is 0.269 e. The van der Waals surface area contributed by atoms with Gasteiger partial charge in [0, 0.05) is 22.7 Å². The Hall–Kier alpha value is -4.06. The number of benzene rings is 3. The lowest BCUT2D eigenvalue weighted by atomic mass is 10.1. The van der Waals surface area contributed by atoms with Crippen LogP contribution in [0.2, 0.25) is 0 Å². The third kappa shape index (κ3) is 4.44. The number of aromatic nitrogens is 1. The molecule has 0 saturated heterocycles. The van der Waals surface area contributed by atoms with Gasteiger partial charge in [-0.05, 0) is 48.0 Å². The van der Waals surface area contributed by atoms with Crippen molar-refractivity contribution in [2.75, 3.05) is 0 Å². The van der Waals surface area contributed by atoms with Gasteiger partial charge in [0.1, 0.15) is 11.5 Å². The van der Waals surface area contributed by atoms with E-state index in [1.54, 1.807) is 30.5 Å². The molecule has 2 amide bonds. The third-order valence-corrected chi connectivity index (χ3v) is 4.44. The van der Waals surface area contributed by atoms with Crippen LogP contribution in [-0.4, -0.2) is 16.8 Å². The van der Waals surface area contributed by atoms with E-state index < -0.39 is 5.91 Å². The second kappa shape index (κ2) is 8.31. The van der Waals surface area contributed by atoms with Crippen molar-refractivity contribution in [3.63, 3.8) is 0 Å². The van der Waals surface area contributed by atoms with Crippen LogP contribution in [0.5, 0.6) is 11.5 Å². The van der Waals surface area contributed by atoms with Crippen molar-refractivity contribution >= 4 is 22.7 Å². The van der Waals surface area contributed by atoms with Crippen LogP contribution in [0.25, 0.3) is 10.9 Å². The number of rotatable bonds is 5. The predicted molar refractivity (Wildman–Crippen MR) is 111 cm³/mol. The minimum absolute atomic E-state index is 0.161. The molecule has 0 radical (unpaired) electrons. The van der Waals surface area contributed by atoms with Crippen molar-refractivity contribution in [2.24, 2.45) is 0 Å². The van der Waals surface area contributed by atoms with E-state index in [9.17, 15) is 9.59 Å². The SMILES string of the molecule is O=C(Cc1c[nH]c2ccccc12)NNC(=O)c1ccc(Oc2ccccc2)cc1. The number of hydrogen-bond donors (Lipinski definition) is 3. The Labute approximate surface area is 167 Å². The number of nitrogens with one attached hydrogen (secondary N) is 3. The highest BCUT2D eigenvalue weighted by atomic mass is 16.5. The molecule has 6 nitrogen and oxygen atoms in total. The molecule has 4 rings (SSSR count). The molecule has 1 heterocycles. The Morgan fingerprint density at radius 1 is 0.793 bits per heavy atom. The number of ether oxygens (including phenoxy) is 1. The maximum Gasteiger partial charge on any atom is 0.269 e. The summed E-state index contributed by atoms with van der Waals surface area (Å²) in [7, 11) is 0. The molecule has 0 aliphatic rings. The number of aromatic amines is 1. The van der Waals surface area contributed by atoms with Gasteiger partial charge >= 0.3 is 0 Å². The Bertz CT molecular complexity index is 1130. The second-order valence-corrected chi connectivity index (χ2v) is 6.48. The zero-order valence-electron chi connectivity index (χ0n) is 15.5. The first-order valence-electron chi connectivity index (χ1n) is 9.16. The summed E-state index contributed by atoms with van der Waals surface area (Å²) in [5.74, 6) is 0.640. The standard InChI is InChI=1S/C23H19N3O3/c27-22(14-17-15-24-21-9-5-4-8-20(17)21)25-26-23(28)16-10-12-19(13-11-16)29-18-6-2-1-3-7-18/h1-13,15,24H,14H2,(H,25,27)(H,26,28). The van der Waals surface area contributed by atoms with Crippen LogP contribution >= 0.6 is 0 Å². The van der Waals surface area contributed by atoms with Gasteiger partial charge in [-0.25, -0.2) is 0 Å². The van der Waals surface area contributed by atoms with Crippen molar-refractivity contribution in [1.29, 1.82) is 0 Å². The predicted octanol–water partition coefficient (Wildman–Crippen LogP) is 3.96. The summed E-state index contributed by atoms with van der Waals surface area (Å²) in [5, 5.41) is 0.989. The molecule has 4 aromatic rings. The summed E-state index contributed by atoms with van der Waals surface area (Å²) in [6.07, 6.45) is 1.96. The Morgan fingerprint density at radius 2 is 1.48 bits per heavy atom. The van der Waals surface area contributed by atoms with E-state index in [0.29, 0.717) is 17.1 Å². The summed E-state index contributed by atoms with van der Waals surface area (Å²) in [6, 6.07) is 23.8. The summed E-state index contributed by atoms with van der Waals surface area (Å²) >= 11 is 0. The second-order valence-electron chi connectivity index (χ2n) is 6.48. The number of carbonyl (C=O) groups is 2. The number of para-hydroxylation sites is 2. The Balaban J connectivity index is 1.31. The van der Waals surface area contributed by atoms with Crippen molar-refractivity contribution in [1.82, 2.24) is 15.8 Å². The minimum Gasteiger partial charge on any atom is -0.457 e. The monoisotopic (exact) mass is 385 g/mol. The van der Waals surface area contributed by atoms with Crippen molar-refractivity contribution < 1.29 is 14.3 Å². The number of H-pyrrole nitrogens is 1. The van der Waals surface area contributed by atoms with Crippen molar-refractivity contribution in [3.8, 4) is 11.5 Å². The fraction of sp³-hybridized carbons (Fsp3) is 0.0435. The molecule has 0 spiro atoms. The first-order valence-corrected chi connectivity index (χ1v) is 9.16. The average molecular weight is 385 g/mol. The van der Waals surface area contributed by atoms with E-state index in [1.807, 2.05) is 54.6 Å². The molecule has 6 heteroatoms. The molecule has 0 aliphatic heterocycles. The van der Waals surface area contributed by atoms with Crippen LogP contribution in [0.3, 0.4) is 0 Å². The summed E-state index contributed by atoms with van der Waals surface area (Å²) in [6.45, 7) is 0. The summed E-state index contributed by atoms with van der Waals surface area (Å²) < 4.78 is 5.70. The molecular weight excluding hydrogens is 366 g/mol. The first kappa shape index (κ1) is 18.3. The highest BCUT2D eigenvalue weighted by Gasteiger charge is 2.11. The van der Waals surface area contributed by atoms with E-state index >= 15 is 0 Å². The normalized spacial score (nSPS) is 10.5. The Morgan fingerprint density at radius 3 is 2.28 bits per heavy atom. The molecule has 0 fully saturated rings. The quantitative estimate of drug-likeness (QED) is 0.455. The maximum atomic E-state index is 12.3. The van der Waals surface area contributed by atoms with Crippen LogP contribution in [0.4, 0.5) is 0 Å². The lowest BCUT2D eigenvalue weighted by molar-refractivity contribution is -0.121. The van der Waals surface area contributed by atoms with Gasteiger partial charge < -0.3 is 9.72 Å². The lowest BCUT2D eigenvalue weighted by Gasteiger charge is -2.09. The fourth-order valence-electron chi connectivity index (χ4n) is 2.99. The van der Waals surface area contributed by atoms with Gasteiger partial charge in [0.2, 0.25) is 5.91 Å². The molecule has 29 heavy (non-hydrogen) atoms. The molecule has 3 aromatic carbocycles. The van der Waals surface area contributed by atoms with Gasteiger partial charge in [0.25, 0.3) is 5.91 Å². The van der Waals surface area contributed by atoms with E-state index in [4.69, 9.17) is 4.74 Å². The number of hydrogen-bond acceptors (Lipinski definition) is 3. The zero-order chi connectivity index (χ0) is 20.1. The van der Waals surface area contributed by atoms with Gasteiger partial charge in [-0.1, -0.05) is 36.4 Å². The van der Waals surface area contributed by atoms with E-state index in [0.717, 1.165) is 16.5 Å². The lowest BCUT2D eigenvalue weighted by Crippen LogP contribution is -2.42. The molecule has 144 valence electrons. The number of amides is 2.